The SMILES string of the molecule is CNCc1ccc(OC)c(OCCOCCC(C)C)c1. The summed E-state index contributed by atoms with van der Waals surface area (Å²) in [4.78, 5) is 0. The molecule has 0 saturated carbocycles. The van der Waals surface area contributed by atoms with Crippen molar-refractivity contribution in [2.45, 2.75) is 26.8 Å². The molecule has 0 aliphatic rings. The lowest BCUT2D eigenvalue weighted by molar-refractivity contribution is 0.0916. The van der Waals surface area contributed by atoms with Gasteiger partial charge in [0.2, 0.25) is 0 Å². The zero-order chi connectivity index (χ0) is 14.8. The van der Waals surface area contributed by atoms with E-state index in [9.17, 15) is 0 Å². The van der Waals surface area contributed by atoms with Crippen molar-refractivity contribution in [2.75, 3.05) is 34.0 Å². The minimum Gasteiger partial charge on any atom is -0.493 e. The fourth-order valence-corrected chi connectivity index (χ4v) is 1.78. The molecule has 0 aliphatic heterocycles. The predicted octanol–water partition coefficient (Wildman–Crippen LogP) is 2.86. The zero-order valence-electron chi connectivity index (χ0n) is 13.1. The van der Waals surface area contributed by atoms with E-state index in [1.165, 1.54) is 5.56 Å². The van der Waals surface area contributed by atoms with Gasteiger partial charge >= 0.3 is 0 Å². The van der Waals surface area contributed by atoms with Crippen LogP contribution in [0.1, 0.15) is 25.8 Å². The summed E-state index contributed by atoms with van der Waals surface area (Å²) in [5.41, 5.74) is 1.17. The lowest BCUT2D eigenvalue weighted by Gasteiger charge is -2.13. The first kappa shape index (κ1) is 16.8. The molecule has 4 heteroatoms. The molecule has 114 valence electrons. The summed E-state index contributed by atoms with van der Waals surface area (Å²) in [5.74, 6) is 2.20. The highest BCUT2D eigenvalue weighted by Crippen LogP contribution is 2.27. The first-order valence-corrected chi connectivity index (χ1v) is 7.19. The number of benzene rings is 1. The van der Waals surface area contributed by atoms with Crippen LogP contribution in [0.2, 0.25) is 0 Å². The Balaban J connectivity index is 2.39. The molecule has 0 unspecified atom stereocenters. The zero-order valence-corrected chi connectivity index (χ0v) is 13.1. The van der Waals surface area contributed by atoms with Crippen molar-refractivity contribution >= 4 is 0 Å². The van der Waals surface area contributed by atoms with Gasteiger partial charge in [-0.25, -0.2) is 0 Å². The van der Waals surface area contributed by atoms with Crippen LogP contribution in [-0.2, 0) is 11.3 Å². The molecule has 0 heterocycles. The van der Waals surface area contributed by atoms with Gasteiger partial charge in [-0.1, -0.05) is 19.9 Å². The van der Waals surface area contributed by atoms with Crippen molar-refractivity contribution in [1.82, 2.24) is 5.32 Å². The van der Waals surface area contributed by atoms with E-state index in [0.717, 1.165) is 31.1 Å². The van der Waals surface area contributed by atoms with E-state index in [1.807, 2.05) is 25.2 Å². The Kier molecular flexibility index (Phi) is 8.07. The number of hydrogen-bond acceptors (Lipinski definition) is 4. The number of ether oxygens (including phenoxy) is 3. The number of rotatable bonds is 10. The highest BCUT2D eigenvalue weighted by Gasteiger charge is 2.05. The van der Waals surface area contributed by atoms with Crippen molar-refractivity contribution in [3.8, 4) is 11.5 Å². The van der Waals surface area contributed by atoms with Gasteiger partial charge in [0.1, 0.15) is 6.61 Å². The third-order valence-corrected chi connectivity index (χ3v) is 2.93. The molecule has 0 saturated heterocycles. The molecule has 0 spiro atoms. The normalized spacial score (nSPS) is 10.8. The summed E-state index contributed by atoms with van der Waals surface area (Å²) in [6.07, 6.45) is 1.08. The van der Waals surface area contributed by atoms with Crippen LogP contribution in [0.25, 0.3) is 0 Å². The smallest absolute Gasteiger partial charge is 0.161 e. The van der Waals surface area contributed by atoms with Crippen LogP contribution in [0.5, 0.6) is 11.5 Å². The van der Waals surface area contributed by atoms with Crippen LogP contribution in [0.3, 0.4) is 0 Å². The van der Waals surface area contributed by atoms with Crippen molar-refractivity contribution in [1.29, 1.82) is 0 Å². The molecule has 0 atom stereocenters. The first-order chi connectivity index (χ1) is 9.67. The van der Waals surface area contributed by atoms with Crippen molar-refractivity contribution in [2.24, 2.45) is 5.92 Å². The summed E-state index contributed by atoms with van der Waals surface area (Å²) in [6, 6.07) is 5.96. The number of methoxy groups -OCH3 is 1. The van der Waals surface area contributed by atoms with Gasteiger partial charge < -0.3 is 19.5 Å². The second kappa shape index (κ2) is 9.61. The molecule has 0 bridgehead atoms. The van der Waals surface area contributed by atoms with Gasteiger partial charge in [-0.15, -0.1) is 0 Å². The van der Waals surface area contributed by atoms with Gasteiger partial charge in [-0.3, -0.25) is 0 Å². The van der Waals surface area contributed by atoms with Crippen LogP contribution in [0.15, 0.2) is 18.2 Å². The molecule has 20 heavy (non-hydrogen) atoms. The Bertz CT molecular complexity index is 380. The van der Waals surface area contributed by atoms with Gasteiger partial charge in [-0.05, 0) is 37.1 Å². The molecule has 0 radical (unpaired) electrons. The fraction of sp³-hybridized carbons (Fsp3) is 0.625. The van der Waals surface area contributed by atoms with Crippen LogP contribution in [0, 0.1) is 5.92 Å². The Morgan fingerprint density at radius 2 is 1.90 bits per heavy atom. The van der Waals surface area contributed by atoms with E-state index in [2.05, 4.69) is 19.2 Å². The summed E-state index contributed by atoms with van der Waals surface area (Å²) in [6.45, 7) is 7.13. The molecule has 0 amide bonds. The summed E-state index contributed by atoms with van der Waals surface area (Å²) in [5, 5.41) is 3.12. The highest BCUT2D eigenvalue weighted by atomic mass is 16.5. The van der Waals surface area contributed by atoms with Gasteiger partial charge in [0, 0.05) is 13.2 Å². The quantitative estimate of drug-likeness (QED) is 0.669. The van der Waals surface area contributed by atoms with E-state index in [4.69, 9.17) is 14.2 Å². The van der Waals surface area contributed by atoms with Crippen LogP contribution in [-0.4, -0.2) is 34.0 Å². The molecule has 4 nitrogen and oxygen atoms in total. The maximum Gasteiger partial charge on any atom is 0.161 e. The topological polar surface area (TPSA) is 39.7 Å². The van der Waals surface area contributed by atoms with E-state index < -0.39 is 0 Å². The summed E-state index contributed by atoms with van der Waals surface area (Å²) >= 11 is 0. The monoisotopic (exact) mass is 281 g/mol. The Hall–Kier alpha value is -1.26. The Morgan fingerprint density at radius 1 is 1.10 bits per heavy atom. The van der Waals surface area contributed by atoms with Crippen molar-refractivity contribution < 1.29 is 14.2 Å². The average molecular weight is 281 g/mol. The number of hydrogen-bond donors (Lipinski definition) is 1. The van der Waals surface area contributed by atoms with Crippen molar-refractivity contribution in [3.63, 3.8) is 0 Å². The minimum atomic E-state index is 0.539. The molecule has 1 aromatic rings. The molecular formula is C16H27NO3. The molecule has 1 N–H and O–H groups in total. The molecule has 1 rings (SSSR count). The van der Waals surface area contributed by atoms with Gasteiger partial charge in [0.25, 0.3) is 0 Å². The third kappa shape index (κ3) is 6.26. The molecule has 0 fully saturated rings. The first-order valence-electron chi connectivity index (χ1n) is 7.19. The van der Waals surface area contributed by atoms with Crippen molar-refractivity contribution in [3.05, 3.63) is 23.8 Å². The molecule has 0 aliphatic carbocycles. The predicted molar refractivity (Wildman–Crippen MR) is 81.5 cm³/mol. The van der Waals surface area contributed by atoms with Crippen LogP contribution >= 0.6 is 0 Å². The Labute approximate surface area is 122 Å². The lowest BCUT2D eigenvalue weighted by atomic mass is 10.1. The second-order valence-electron chi connectivity index (χ2n) is 5.16. The summed E-state index contributed by atoms with van der Waals surface area (Å²) in [7, 11) is 3.58. The number of nitrogens with one attached hydrogen (secondary N) is 1. The standard InChI is InChI=1S/C16H27NO3/c1-13(2)7-8-19-9-10-20-16-11-14(12-17-3)5-6-15(16)18-4/h5-6,11,13,17H,7-10,12H2,1-4H3. The highest BCUT2D eigenvalue weighted by molar-refractivity contribution is 5.42. The van der Waals surface area contributed by atoms with Gasteiger partial charge in [-0.2, -0.15) is 0 Å². The maximum absolute atomic E-state index is 5.74. The fourth-order valence-electron chi connectivity index (χ4n) is 1.78. The lowest BCUT2D eigenvalue weighted by Crippen LogP contribution is -2.10. The Morgan fingerprint density at radius 3 is 2.55 bits per heavy atom. The average Bonchev–Trinajstić information content (AvgIpc) is 2.43. The minimum absolute atomic E-state index is 0.539. The second-order valence-corrected chi connectivity index (χ2v) is 5.16. The maximum atomic E-state index is 5.74. The van der Waals surface area contributed by atoms with Gasteiger partial charge in [0.05, 0.1) is 13.7 Å². The largest absolute Gasteiger partial charge is 0.493 e. The molecule has 1 aromatic carbocycles. The van der Waals surface area contributed by atoms with Crippen LogP contribution < -0.4 is 14.8 Å². The molecule has 0 aromatic heterocycles. The summed E-state index contributed by atoms with van der Waals surface area (Å²) < 4.78 is 16.6. The van der Waals surface area contributed by atoms with Gasteiger partial charge in [0.15, 0.2) is 11.5 Å². The van der Waals surface area contributed by atoms with Crippen LogP contribution in [0.4, 0.5) is 0 Å². The van der Waals surface area contributed by atoms with E-state index in [-0.39, 0.29) is 0 Å². The third-order valence-electron chi connectivity index (χ3n) is 2.93. The van der Waals surface area contributed by atoms with E-state index in [0.29, 0.717) is 19.1 Å². The molecular weight excluding hydrogens is 254 g/mol. The van der Waals surface area contributed by atoms with E-state index in [1.54, 1.807) is 7.11 Å². The van der Waals surface area contributed by atoms with E-state index >= 15 is 0 Å².